The number of pyridine rings is 1. The van der Waals surface area contributed by atoms with Crippen LogP contribution in [0.3, 0.4) is 0 Å². The van der Waals surface area contributed by atoms with Gasteiger partial charge in [0.15, 0.2) is 17.0 Å². The molecule has 1 fully saturated rings. The first-order chi connectivity index (χ1) is 22.1. The maximum atomic E-state index is 14.2. The van der Waals surface area contributed by atoms with Crippen LogP contribution in [0, 0.1) is 11.8 Å². The molecule has 1 saturated carbocycles. The molecule has 7 N–H and O–H groups in total. The van der Waals surface area contributed by atoms with Crippen molar-refractivity contribution in [1.82, 2.24) is 19.4 Å². The summed E-state index contributed by atoms with van der Waals surface area (Å²) in [7, 11) is 8.29. The van der Waals surface area contributed by atoms with Gasteiger partial charge in [0, 0.05) is 44.5 Å². The standard InChI is InChI=1S/C32H35N7O8/c1-37(2)18-11-17(36-20(40)12-19-35-16-7-6-8-34-31(16)39(19)5)25(41)22-14(18)9-13-10-15-24(38(3)4)27(43)23(30(33)46)29(45)32(15,47)28(44)21(13)26(22)42/h6-8,11,13,15,24,41-42,45,47H,9-10,12H2,1-5H3,(H2,33,46)(H,36,40)/t13?,15?,24-,32-/m1/s1. The summed E-state index contributed by atoms with van der Waals surface area (Å²) < 4.78 is 1.68. The van der Waals surface area contributed by atoms with Gasteiger partial charge in [0.2, 0.25) is 11.7 Å². The van der Waals surface area contributed by atoms with Crippen LogP contribution in [0.1, 0.15) is 23.4 Å². The zero-order valence-electron chi connectivity index (χ0n) is 26.4. The molecule has 0 saturated heterocycles. The number of nitrogens with zero attached hydrogens (tertiary/aromatic N) is 5. The Hall–Kier alpha value is -5.28. The highest BCUT2D eigenvalue weighted by Crippen LogP contribution is 2.54. The van der Waals surface area contributed by atoms with Gasteiger partial charge in [-0.3, -0.25) is 24.1 Å². The zero-order chi connectivity index (χ0) is 34.3. The van der Waals surface area contributed by atoms with E-state index in [0.29, 0.717) is 28.2 Å². The van der Waals surface area contributed by atoms with Gasteiger partial charge in [-0.2, -0.15) is 0 Å². The Morgan fingerprint density at radius 1 is 1.17 bits per heavy atom. The number of nitrogens with two attached hydrogens (primary N) is 1. The fourth-order valence-electron chi connectivity index (χ4n) is 7.35. The molecule has 0 radical (unpaired) electrons. The number of phenols is 1. The van der Waals surface area contributed by atoms with Crippen molar-refractivity contribution in [2.75, 3.05) is 38.4 Å². The molecule has 3 aliphatic carbocycles. The van der Waals surface area contributed by atoms with Gasteiger partial charge >= 0.3 is 0 Å². The maximum absolute atomic E-state index is 14.2. The number of aryl methyl sites for hydroxylation is 1. The van der Waals surface area contributed by atoms with Crippen LogP contribution in [0.4, 0.5) is 11.4 Å². The molecule has 246 valence electrons. The second kappa shape index (κ2) is 10.9. The molecule has 2 heterocycles. The van der Waals surface area contributed by atoms with Crippen molar-refractivity contribution < 1.29 is 39.6 Å². The predicted octanol–water partition coefficient (Wildman–Crippen LogP) is 0.493. The molecule has 0 spiro atoms. The molecule has 2 unspecified atom stereocenters. The second-order valence-corrected chi connectivity index (χ2v) is 12.7. The number of rotatable bonds is 6. The number of likely N-dealkylation sites (N-methyl/N-ethyl adjacent to an activating group) is 1. The highest BCUT2D eigenvalue weighted by Gasteiger charge is 2.64. The van der Waals surface area contributed by atoms with E-state index >= 15 is 0 Å². The highest BCUT2D eigenvalue weighted by atomic mass is 16.3. The number of aliphatic hydroxyl groups excluding tert-OH is 2. The third kappa shape index (κ3) is 4.56. The van der Waals surface area contributed by atoms with E-state index in [9.17, 15) is 39.6 Å². The molecule has 0 aliphatic heterocycles. The summed E-state index contributed by atoms with van der Waals surface area (Å²) in [4.78, 5) is 64.9. The van der Waals surface area contributed by atoms with Crippen LogP contribution >= 0.6 is 0 Å². The van der Waals surface area contributed by atoms with E-state index in [0.717, 1.165) is 0 Å². The fourth-order valence-corrected chi connectivity index (χ4v) is 7.35. The zero-order valence-corrected chi connectivity index (χ0v) is 26.4. The molecule has 15 heteroatoms. The lowest BCUT2D eigenvalue weighted by Crippen LogP contribution is -2.65. The minimum absolute atomic E-state index is 0.0369. The number of ketones is 2. The van der Waals surface area contributed by atoms with E-state index in [2.05, 4.69) is 15.3 Å². The van der Waals surface area contributed by atoms with E-state index in [1.54, 1.807) is 69.1 Å². The van der Waals surface area contributed by atoms with Crippen LogP contribution in [0.15, 0.2) is 41.3 Å². The average Bonchev–Trinajstić information content (AvgIpc) is 3.30. The van der Waals surface area contributed by atoms with Gasteiger partial charge in [0.1, 0.15) is 34.2 Å². The molecular weight excluding hydrogens is 610 g/mol. The van der Waals surface area contributed by atoms with Crippen LogP contribution in [0.25, 0.3) is 16.9 Å². The summed E-state index contributed by atoms with van der Waals surface area (Å²) in [6.45, 7) is 0. The lowest BCUT2D eigenvalue weighted by Gasteiger charge is -2.50. The Kier molecular flexibility index (Phi) is 7.36. The second-order valence-electron chi connectivity index (χ2n) is 12.7. The lowest BCUT2D eigenvalue weighted by molar-refractivity contribution is -0.153. The summed E-state index contributed by atoms with van der Waals surface area (Å²) in [5.41, 5.74) is 3.50. The highest BCUT2D eigenvalue weighted by molar-refractivity contribution is 6.24. The molecule has 2 amide bonds. The molecule has 1 aromatic carbocycles. The van der Waals surface area contributed by atoms with Gasteiger partial charge < -0.3 is 40.9 Å². The number of nitrogens with one attached hydrogen (secondary N) is 1. The van der Waals surface area contributed by atoms with E-state index in [4.69, 9.17) is 5.73 Å². The molecule has 2 aromatic heterocycles. The number of anilines is 2. The number of carbonyl (C=O) groups is 4. The molecule has 15 nitrogen and oxygen atoms in total. The lowest BCUT2D eigenvalue weighted by atomic mass is 9.57. The third-order valence-electron chi connectivity index (χ3n) is 9.49. The number of primary amides is 1. The summed E-state index contributed by atoms with van der Waals surface area (Å²) in [5.74, 6) is -7.59. The van der Waals surface area contributed by atoms with Gasteiger partial charge in [-0.1, -0.05) is 0 Å². The third-order valence-corrected chi connectivity index (χ3v) is 9.49. The van der Waals surface area contributed by atoms with Crippen LogP contribution in [-0.2, 0) is 39.1 Å². The van der Waals surface area contributed by atoms with Gasteiger partial charge in [0.25, 0.3) is 5.91 Å². The van der Waals surface area contributed by atoms with Gasteiger partial charge in [0.05, 0.1) is 23.7 Å². The first kappa shape index (κ1) is 31.7. The normalized spacial score (nSPS) is 23.9. The number of carbonyl (C=O) groups excluding carboxylic acids is 4. The number of hydrogen-bond acceptors (Lipinski definition) is 12. The molecule has 3 aromatic rings. The number of imidazole rings is 1. The molecule has 3 aliphatic rings. The summed E-state index contributed by atoms with van der Waals surface area (Å²) in [6.07, 6.45) is 1.52. The number of Topliss-reactive ketones (excluding diaryl/α,β-unsaturated/α-hetero) is 2. The number of phenolic OH excluding ortho intramolecular Hbond substituents is 1. The quantitative estimate of drug-likeness (QED) is 0.159. The summed E-state index contributed by atoms with van der Waals surface area (Å²) in [6, 6.07) is 3.88. The molecule has 6 rings (SSSR count). The Labute approximate surface area is 268 Å². The van der Waals surface area contributed by atoms with Crippen molar-refractivity contribution >= 4 is 51.7 Å². The number of aromatic nitrogens is 3. The largest absolute Gasteiger partial charge is 0.508 e. The van der Waals surface area contributed by atoms with Crippen molar-refractivity contribution in [3.05, 3.63) is 58.3 Å². The van der Waals surface area contributed by atoms with Crippen LogP contribution in [-0.4, -0.2) is 103 Å². The van der Waals surface area contributed by atoms with E-state index in [1.165, 1.54) is 4.90 Å². The minimum atomic E-state index is -2.75. The SMILES string of the molecule is CN(C)c1cc(NC(=O)Cc2nc3cccnc3n2C)c(O)c2c1CC1CC3[C@@H](N(C)C)C(=O)C(C(N)=O)=C(O)[C@]3(O)C(=O)C1=C2O. The Morgan fingerprint density at radius 3 is 2.49 bits per heavy atom. The Balaban J connectivity index is 1.44. The van der Waals surface area contributed by atoms with Crippen LogP contribution in [0.2, 0.25) is 0 Å². The number of fused-ring (bicyclic) bond motifs is 4. The summed E-state index contributed by atoms with van der Waals surface area (Å²) >= 11 is 0. The number of amides is 2. The van der Waals surface area contributed by atoms with Crippen LogP contribution < -0.4 is 16.0 Å². The van der Waals surface area contributed by atoms with Gasteiger partial charge in [-0.15, -0.1) is 0 Å². The average molecular weight is 646 g/mol. The minimum Gasteiger partial charge on any atom is -0.508 e. The first-order valence-electron chi connectivity index (χ1n) is 14.9. The molecule has 47 heavy (non-hydrogen) atoms. The first-order valence-corrected chi connectivity index (χ1v) is 14.9. The smallest absolute Gasteiger partial charge is 0.255 e. The van der Waals surface area contributed by atoms with Crippen molar-refractivity contribution in [3.63, 3.8) is 0 Å². The van der Waals surface area contributed by atoms with Gasteiger partial charge in [-0.25, -0.2) is 9.97 Å². The maximum Gasteiger partial charge on any atom is 0.255 e. The van der Waals surface area contributed by atoms with E-state index in [-0.39, 0.29) is 36.1 Å². The fraction of sp³-hybridized carbons (Fsp3) is 0.375. The van der Waals surface area contributed by atoms with Crippen molar-refractivity contribution in [1.29, 1.82) is 0 Å². The number of hydrogen-bond donors (Lipinski definition) is 6. The topological polar surface area (TPSA) is 224 Å². The number of aromatic hydroxyl groups is 1. The molecule has 4 atom stereocenters. The summed E-state index contributed by atoms with van der Waals surface area (Å²) in [5, 5.41) is 48.8. The molecular formula is C32H35N7O8. The van der Waals surface area contributed by atoms with E-state index in [1.807, 2.05) is 0 Å². The van der Waals surface area contributed by atoms with Crippen LogP contribution in [0.5, 0.6) is 5.75 Å². The van der Waals surface area contributed by atoms with Gasteiger partial charge in [-0.05, 0) is 56.6 Å². The monoisotopic (exact) mass is 645 g/mol. The van der Waals surface area contributed by atoms with Crippen molar-refractivity contribution in [3.8, 4) is 5.75 Å². The van der Waals surface area contributed by atoms with Crippen molar-refractivity contribution in [2.45, 2.75) is 30.9 Å². The predicted molar refractivity (Wildman–Crippen MR) is 169 cm³/mol. The number of benzene rings is 1. The molecule has 0 bridgehead atoms. The Morgan fingerprint density at radius 2 is 1.87 bits per heavy atom. The Bertz CT molecular complexity index is 1980. The van der Waals surface area contributed by atoms with Crippen molar-refractivity contribution in [2.24, 2.45) is 24.6 Å². The number of aliphatic hydroxyl groups is 3. The van der Waals surface area contributed by atoms with E-state index < -0.39 is 69.7 Å².